The highest BCUT2D eigenvalue weighted by Gasteiger charge is 1.97. The van der Waals surface area contributed by atoms with Crippen molar-refractivity contribution in [3.05, 3.63) is 5.21 Å². The summed E-state index contributed by atoms with van der Waals surface area (Å²) in [6.07, 6.45) is 4.70. The van der Waals surface area contributed by atoms with Crippen LogP contribution in [0.2, 0.25) is 0 Å². The van der Waals surface area contributed by atoms with E-state index in [0.29, 0.717) is 0 Å². The second-order valence-corrected chi connectivity index (χ2v) is 2.34. The molecule has 48 valence electrons. The van der Waals surface area contributed by atoms with E-state index in [9.17, 15) is 5.21 Å². The summed E-state index contributed by atoms with van der Waals surface area (Å²) in [4.78, 5) is 0. The van der Waals surface area contributed by atoms with E-state index in [1.807, 2.05) is 0 Å². The fourth-order valence-corrected chi connectivity index (χ4v) is 1.04. The number of rotatable bonds is 0. The lowest BCUT2D eigenvalue weighted by Gasteiger charge is -2.24. The fraction of sp³-hybridized carbons (Fsp3) is 1.00. The Hall–Kier alpha value is -0.0800. The van der Waals surface area contributed by atoms with Crippen molar-refractivity contribution < 1.29 is 0 Å². The van der Waals surface area contributed by atoms with Crippen LogP contribution in [-0.4, -0.2) is 18.2 Å². The van der Waals surface area contributed by atoms with Gasteiger partial charge in [-0.25, -0.2) is 0 Å². The molecule has 0 spiro atoms. The van der Waals surface area contributed by atoms with Gasteiger partial charge in [0.05, 0.1) is 0 Å². The molecule has 0 atom stereocenters. The second kappa shape index (κ2) is 3.05. The first-order chi connectivity index (χ1) is 3.89. The molecular weight excluding hydrogens is 102 g/mol. The van der Waals surface area contributed by atoms with Crippen LogP contribution in [0, 0.1) is 5.21 Å². The monoisotopic (exact) mass is 114 g/mol. The lowest BCUT2D eigenvalue weighted by molar-refractivity contribution is 0.393. The topological polar surface area (TPSA) is 26.3 Å². The summed E-state index contributed by atoms with van der Waals surface area (Å²) in [5, 5.41) is 11.8. The second-order valence-electron chi connectivity index (χ2n) is 2.34. The van der Waals surface area contributed by atoms with E-state index in [-0.39, 0.29) is 0 Å². The van der Waals surface area contributed by atoms with Crippen LogP contribution < -0.4 is 0 Å². The molecule has 0 aromatic rings. The van der Waals surface area contributed by atoms with Crippen molar-refractivity contribution in [1.29, 1.82) is 0 Å². The summed E-state index contributed by atoms with van der Waals surface area (Å²) in [6.45, 7) is 1.53. The quantitative estimate of drug-likeness (QED) is 0.475. The van der Waals surface area contributed by atoms with E-state index >= 15 is 0 Å². The smallest absolute Gasteiger partial charge is 0.0145 e. The van der Waals surface area contributed by atoms with E-state index in [2.05, 4.69) is 0 Å². The predicted octanol–water partition coefficient (Wildman–Crippen LogP) is 1.36. The summed E-state index contributed by atoms with van der Waals surface area (Å²) in [5.41, 5.74) is 0. The maximum atomic E-state index is 10.6. The molecule has 0 amide bonds. The Bertz CT molecular complexity index is 57.5. The molecule has 1 aliphatic rings. The molecule has 8 heavy (non-hydrogen) atoms. The van der Waals surface area contributed by atoms with Crippen molar-refractivity contribution in [3.8, 4) is 0 Å². The van der Waals surface area contributed by atoms with Crippen molar-refractivity contribution >= 4 is 0 Å². The third kappa shape index (κ3) is 1.80. The lowest BCUT2D eigenvalue weighted by atomic mass is 10.2. The van der Waals surface area contributed by atoms with Crippen LogP contribution in [0.3, 0.4) is 0 Å². The molecule has 0 unspecified atom stereocenters. The Morgan fingerprint density at radius 3 is 1.88 bits per heavy atom. The van der Waals surface area contributed by atoms with Gasteiger partial charge in [-0.05, 0) is 25.9 Å². The van der Waals surface area contributed by atoms with Crippen molar-refractivity contribution in [2.24, 2.45) is 0 Å². The van der Waals surface area contributed by atoms with Gasteiger partial charge < -0.3 is 10.3 Å². The SMILES string of the molecule is [O-]N1CCCCCC1. The van der Waals surface area contributed by atoms with E-state index < -0.39 is 0 Å². The number of nitrogens with zero attached hydrogens (tertiary/aromatic N) is 1. The molecule has 0 aromatic heterocycles. The number of hydrogen-bond acceptors (Lipinski definition) is 2. The van der Waals surface area contributed by atoms with Gasteiger partial charge in [-0.3, -0.25) is 0 Å². The molecule has 0 N–H and O–H groups in total. The van der Waals surface area contributed by atoms with Gasteiger partial charge >= 0.3 is 0 Å². The molecule has 0 saturated carbocycles. The highest BCUT2D eigenvalue weighted by molar-refractivity contribution is 4.61. The predicted molar refractivity (Wildman–Crippen MR) is 33.4 cm³/mol. The fourth-order valence-electron chi connectivity index (χ4n) is 1.04. The van der Waals surface area contributed by atoms with Crippen molar-refractivity contribution in [1.82, 2.24) is 5.06 Å². The van der Waals surface area contributed by atoms with Crippen molar-refractivity contribution in [3.63, 3.8) is 0 Å². The van der Waals surface area contributed by atoms with Crippen LogP contribution >= 0.6 is 0 Å². The van der Waals surface area contributed by atoms with Crippen LogP contribution in [0.25, 0.3) is 0 Å². The van der Waals surface area contributed by atoms with Crippen LogP contribution in [0.1, 0.15) is 25.7 Å². The normalized spacial score (nSPS) is 25.1. The molecule has 0 aliphatic carbocycles. The van der Waals surface area contributed by atoms with E-state index in [0.717, 1.165) is 25.9 Å². The highest BCUT2D eigenvalue weighted by Crippen LogP contribution is 2.07. The molecule has 2 heteroatoms. The lowest BCUT2D eigenvalue weighted by Crippen LogP contribution is -2.15. The Morgan fingerprint density at radius 2 is 1.38 bits per heavy atom. The molecule has 0 radical (unpaired) electrons. The van der Waals surface area contributed by atoms with Crippen LogP contribution in [0.15, 0.2) is 0 Å². The van der Waals surface area contributed by atoms with Gasteiger partial charge in [-0.15, -0.1) is 0 Å². The van der Waals surface area contributed by atoms with Crippen molar-refractivity contribution in [2.75, 3.05) is 13.1 Å². The number of hydrogen-bond donors (Lipinski definition) is 0. The summed E-state index contributed by atoms with van der Waals surface area (Å²) >= 11 is 0. The molecule has 1 heterocycles. The van der Waals surface area contributed by atoms with Gasteiger partial charge in [0.2, 0.25) is 0 Å². The Morgan fingerprint density at radius 1 is 0.875 bits per heavy atom. The van der Waals surface area contributed by atoms with Crippen molar-refractivity contribution in [2.45, 2.75) is 25.7 Å². The summed E-state index contributed by atoms with van der Waals surface area (Å²) < 4.78 is 0. The third-order valence-corrected chi connectivity index (χ3v) is 1.57. The molecule has 0 aromatic carbocycles. The van der Waals surface area contributed by atoms with Gasteiger partial charge in [-0.2, -0.15) is 0 Å². The minimum atomic E-state index is 0.764. The molecule has 1 rings (SSSR count). The molecule has 1 saturated heterocycles. The Kier molecular flexibility index (Phi) is 2.30. The van der Waals surface area contributed by atoms with E-state index in [4.69, 9.17) is 0 Å². The molecule has 1 aliphatic heterocycles. The molecular formula is C6H12NO-. The third-order valence-electron chi connectivity index (χ3n) is 1.57. The first kappa shape index (κ1) is 6.05. The average Bonchev–Trinajstić information content (AvgIpc) is 1.94. The maximum absolute atomic E-state index is 10.6. The average molecular weight is 114 g/mol. The van der Waals surface area contributed by atoms with E-state index in [1.165, 1.54) is 17.9 Å². The first-order valence-corrected chi connectivity index (χ1v) is 3.32. The van der Waals surface area contributed by atoms with Crippen LogP contribution in [0.5, 0.6) is 0 Å². The molecule has 1 fully saturated rings. The van der Waals surface area contributed by atoms with Gasteiger partial charge in [0.15, 0.2) is 0 Å². The Labute approximate surface area is 50.1 Å². The van der Waals surface area contributed by atoms with Gasteiger partial charge in [-0.1, -0.05) is 12.8 Å². The van der Waals surface area contributed by atoms with Crippen LogP contribution in [-0.2, 0) is 0 Å². The van der Waals surface area contributed by atoms with Gasteiger partial charge in [0, 0.05) is 0 Å². The number of hydroxylamine groups is 2. The zero-order valence-corrected chi connectivity index (χ0v) is 5.10. The summed E-state index contributed by atoms with van der Waals surface area (Å²) in [5.74, 6) is 0. The zero-order chi connectivity index (χ0) is 5.82. The highest BCUT2D eigenvalue weighted by atomic mass is 16.5. The zero-order valence-electron chi connectivity index (χ0n) is 5.10. The summed E-state index contributed by atoms with van der Waals surface area (Å²) in [7, 11) is 0. The Balaban J connectivity index is 2.17. The largest absolute Gasteiger partial charge is 0.785 e. The minimum absolute atomic E-state index is 0.764. The van der Waals surface area contributed by atoms with Gasteiger partial charge in [0.25, 0.3) is 0 Å². The standard InChI is InChI=1S/C6H12NO/c8-7-5-3-1-2-4-6-7/h1-6H2/q-1. The van der Waals surface area contributed by atoms with Gasteiger partial charge in [0.1, 0.15) is 0 Å². The van der Waals surface area contributed by atoms with E-state index in [1.54, 1.807) is 0 Å². The summed E-state index contributed by atoms with van der Waals surface area (Å²) in [6, 6.07) is 0. The maximum Gasteiger partial charge on any atom is -0.0145 e. The molecule has 0 bridgehead atoms. The minimum Gasteiger partial charge on any atom is -0.785 e. The van der Waals surface area contributed by atoms with Crippen LogP contribution in [0.4, 0.5) is 0 Å². The molecule has 2 nitrogen and oxygen atoms in total. The first-order valence-electron chi connectivity index (χ1n) is 3.32.